The van der Waals surface area contributed by atoms with Crippen LogP contribution in [0.5, 0.6) is 0 Å². The molecule has 0 aliphatic carbocycles. The maximum atomic E-state index is 12.6. The fourth-order valence-electron chi connectivity index (χ4n) is 2.35. The fraction of sp³-hybridized carbons (Fsp3) is 0.278. The number of hydrogen-bond donors (Lipinski definition) is 1. The normalized spacial score (nSPS) is 13.0. The summed E-state index contributed by atoms with van der Waals surface area (Å²) in [5, 5.41) is 0. The van der Waals surface area contributed by atoms with E-state index >= 15 is 0 Å². The smallest absolute Gasteiger partial charge is 0.241 e. The van der Waals surface area contributed by atoms with Crippen molar-refractivity contribution < 1.29 is 13.2 Å². The van der Waals surface area contributed by atoms with Gasteiger partial charge in [0.05, 0.1) is 4.90 Å². The van der Waals surface area contributed by atoms with Crippen LogP contribution in [0.15, 0.2) is 59.5 Å². The molecule has 0 spiro atoms. The third-order valence-electron chi connectivity index (χ3n) is 3.68. The van der Waals surface area contributed by atoms with Gasteiger partial charge in [0.25, 0.3) is 0 Å². The number of carbonyl (C=O) groups excluding carboxylic acids is 1. The predicted molar refractivity (Wildman–Crippen MR) is 90.8 cm³/mol. The molecule has 0 bridgehead atoms. The first-order chi connectivity index (χ1) is 10.8. The van der Waals surface area contributed by atoms with Crippen molar-refractivity contribution in [3.63, 3.8) is 0 Å². The molecule has 0 unspecified atom stereocenters. The molecule has 0 aromatic heterocycles. The van der Waals surface area contributed by atoms with Crippen LogP contribution in [0.4, 0.5) is 0 Å². The van der Waals surface area contributed by atoms with E-state index in [2.05, 4.69) is 4.72 Å². The van der Waals surface area contributed by atoms with E-state index in [1.54, 1.807) is 0 Å². The van der Waals surface area contributed by atoms with Crippen LogP contribution < -0.4 is 4.72 Å². The van der Waals surface area contributed by atoms with Crippen LogP contribution >= 0.6 is 0 Å². The second-order valence-electron chi connectivity index (χ2n) is 5.83. The Balaban J connectivity index is 2.29. The summed E-state index contributed by atoms with van der Waals surface area (Å²) in [4.78, 5) is 11.4. The van der Waals surface area contributed by atoms with Gasteiger partial charge in [0.1, 0.15) is 0 Å². The highest BCUT2D eigenvalue weighted by atomic mass is 32.2. The average molecular weight is 331 g/mol. The Morgan fingerprint density at radius 1 is 0.957 bits per heavy atom. The standard InChI is InChI=1S/C18H21NO3S/c1-13(2)18(16-7-5-4-6-8-16)19-23(21,22)17-11-9-15(10-12-17)14(3)20/h4-13,18-19H,1-3H3/t18-/m0/s1. The van der Waals surface area contributed by atoms with E-state index in [-0.39, 0.29) is 22.6 Å². The van der Waals surface area contributed by atoms with Crippen LogP contribution in [0.2, 0.25) is 0 Å². The molecule has 0 aliphatic heterocycles. The minimum absolute atomic E-state index is 0.0914. The Bertz CT molecular complexity index is 766. The van der Waals surface area contributed by atoms with Crippen LogP contribution in [0.1, 0.15) is 42.7 Å². The Labute approximate surface area is 137 Å². The molecular weight excluding hydrogens is 310 g/mol. The predicted octanol–water partition coefficient (Wildman–Crippen LogP) is 3.56. The van der Waals surface area contributed by atoms with E-state index in [0.717, 1.165) is 5.56 Å². The Morgan fingerprint density at radius 2 is 1.52 bits per heavy atom. The summed E-state index contributed by atoms with van der Waals surface area (Å²) in [6.45, 7) is 5.39. The lowest BCUT2D eigenvalue weighted by Gasteiger charge is -2.22. The molecule has 0 amide bonds. The zero-order valence-corrected chi connectivity index (χ0v) is 14.3. The van der Waals surface area contributed by atoms with Gasteiger partial charge in [-0.2, -0.15) is 0 Å². The quantitative estimate of drug-likeness (QED) is 0.823. The number of carbonyl (C=O) groups is 1. The molecule has 5 heteroatoms. The highest BCUT2D eigenvalue weighted by Crippen LogP contribution is 2.24. The molecule has 2 aromatic rings. The van der Waals surface area contributed by atoms with Crippen LogP contribution in [0.25, 0.3) is 0 Å². The minimum Gasteiger partial charge on any atom is -0.295 e. The molecule has 0 saturated carbocycles. The van der Waals surface area contributed by atoms with Gasteiger partial charge in [-0.15, -0.1) is 0 Å². The molecule has 0 saturated heterocycles. The lowest BCUT2D eigenvalue weighted by molar-refractivity contribution is 0.101. The zero-order valence-electron chi connectivity index (χ0n) is 13.5. The molecule has 2 rings (SSSR count). The molecule has 23 heavy (non-hydrogen) atoms. The van der Waals surface area contributed by atoms with E-state index in [4.69, 9.17) is 0 Å². The summed E-state index contributed by atoms with van der Waals surface area (Å²) >= 11 is 0. The summed E-state index contributed by atoms with van der Waals surface area (Å²) in [5.41, 5.74) is 1.42. The molecule has 1 atom stereocenters. The molecule has 4 nitrogen and oxygen atoms in total. The van der Waals surface area contributed by atoms with Gasteiger partial charge in [-0.05, 0) is 30.5 Å². The van der Waals surface area contributed by atoms with Gasteiger partial charge in [-0.25, -0.2) is 13.1 Å². The lowest BCUT2D eigenvalue weighted by Crippen LogP contribution is -2.31. The summed E-state index contributed by atoms with van der Waals surface area (Å²) in [7, 11) is -3.66. The van der Waals surface area contributed by atoms with E-state index in [1.807, 2.05) is 44.2 Å². The average Bonchev–Trinajstić information content (AvgIpc) is 2.53. The molecule has 1 N–H and O–H groups in total. The van der Waals surface area contributed by atoms with Crippen molar-refractivity contribution in [3.8, 4) is 0 Å². The highest BCUT2D eigenvalue weighted by Gasteiger charge is 2.23. The van der Waals surface area contributed by atoms with Crippen molar-refractivity contribution >= 4 is 15.8 Å². The molecule has 0 heterocycles. The molecule has 2 aromatic carbocycles. The maximum absolute atomic E-state index is 12.6. The molecule has 0 fully saturated rings. The Hall–Kier alpha value is -1.98. The third-order valence-corrected chi connectivity index (χ3v) is 5.14. The first-order valence-corrected chi connectivity index (χ1v) is 8.98. The van der Waals surface area contributed by atoms with Gasteiger partial charge in [-0.1, -0.05) is 56.3 Å². The third kappa shape index (κ3) is 4.27. The van der Waals surface area contributed by atoms with E-state index < -0.39 is 10.0 Å². The second-order valence-corrected chi connectivity index (χ2v) is 7.55. The van der Waals surface area contributed by atoms with Crippen LogP contribution in [0, 0.1) is 5.92 Å². The number of rotatable bonds is 6. The number of nitrogens with one attached hydrogen (secondary N) is 1. The SMILES string of the molecule is CC(=O)c1ccc(S(=O)(=O)N[C@H](c2ccccc2)C(C)C)cc1. The van der Waals surface area contributed by atoms with Gasteiger partial charge >= 0.3 is 0 Å². The Morgan fingerprint density at radius 3 is 2.00 bits per heavy atom. The fourth-order valence-corrected chi connectivity index (χ4v) is 3.73. The number of ketones is 1. The number of benzene rings is 2. The van der Waals surface area contributed by atoms with E-state index in [9.17, 15) is 13.2 Å². The van der Waals surface area contributed by atoms with Crippen molar-refractivity contribution in [1.29, 1.82) is 0 Å². The second kappa shape index (κ2) is 7.06. The largest absolute Gasteiger partial charge is 0.295 e. The number of Topliss-reactive ketones (excluding diaryl/α,β-unsaturated/α-hetero) is 1. The van der Waals surface area contributed by atoms with Gasteiger partial charge < -0.3 is 0 Å². The first-order valence-electron chi connectivity index (χ1n) is 7.49. The summed E-state index contributed by atoms with van der Waals surface area (Å²) in [6, 6.07) is 15.2. The van der Waals surface area contributed by atoms with Crippen LogP contribution in [0.3, 0.4) is 0 Å². The topological polar surface area (TPSA) is 63.2 Å². The molecule has 122 valence electrons. The van der Waals surface area contributed by atoms with Crippen molar-refractivity contribution in [3.05, 3.63) is 65.7 Å². The van der Waals surface area contributed by atoms with Crippen molar-refractivity contribution in [2.75, 3.05) is 0 Å². The van der Waals surface area contributed by atoms with Gasteiger partial charge in [0, 0.05) is 11.6 Å². The van der Waals surface area contributed by atoms with E-state index in [0.29, 0.717) is 5.56 Å². The first kappa shape index (κ1) is 17.4. The van der Waals surface area contributed by atoms with Crippen molar-refractivity contribution in [2.24, 2.45) is 5.92 Å². The van der Waals surface area contributed by atoms with Gasteiger partial charge in [0.2, 0.25) is 10.0 Å². The summed E-state index contributed by atoms with van der Waals surface area (Å²) in [6.07, 6.45) is 0. The summed E-state index contributed by atoms with van der Waals surface area (Å²) < 4.78 is 28.0. The van der Waals surface area contributed by atoms with E-state index in [1.165, 1.54) is 31.2 Å². The maximum Gasteiger partial charge on any atom is 0.241 e. The molecule has 0 radical (unpaired) electrons. The van der Waals surface area contributed by atoms with Crippen molar-refractivity contribution in [1.82, 2.24) is 4.72 Å². The number of hydrogen-bond acceptors (Lipinski definition) is 3. The lowest BCUT2D eigenvalue weighted by atomic mass is 9.97. The monoisotopic (exact) mass is 331 g/mol. The molecular formula is C18H21NO3S. The minimum atomic E-state index is -3.66. The van der Waals surface area contributed by atoms with Crippen molar-refractivity contribution in [2.45, 2.75) is 31.7 Å². The highest BCUT2D eigenvalue weighted by molar-refractivity contribution is 7.89. The van der Waals surface area contributed by atoms with Crippen LogP contribution in [-0.4, -0.2) is 14.2 Å². The summed E-state index contributed by atoms with van der Waals surface area (Å²) in [5.74, 6) is 0.00918. The molecule has 0 aliphatic rings. The van der Waals surface area contributed by atoms with Gasteiger partial charge in [-0.3, -0.25) is 4.79 Å². The van der Waals surface area contributed by atoms with Crippen LogP contribution in [-0.2, 0) is 10.0 Å². The number of sulfonamides is 1. The Kier molecular flexibility index (Phi) is 5.34. The zero-order chi connectivity index (χ0) is 17.0. The van der Waals surface area contributed by atoms with Gasteiger partial charge in [0.15, 0.2) is 5.78 Å².